The predicted octanol–water partition coefficient (Wildman–Crippen LogP) is 3.94. The van der Waals surface area contributed by atoms with Gasteiger partial charge in [-0.1, -0.05) is 42.3 Å². The largest absolute Gasteiger partial charge is 0.378 e. The van der Waals surface area contributed by atoms with Gasteiger partial charge in [0.05, 0.1) is 16.1 Å². The normalized spacial score (nSPS) is 24.6. The van der Waals surface area contributed by atoms with Gasteiger partial charge in [-0.3, -0.25) is 0 Å². The second kappa shape index (κ2) is 6.94. The summed E-state index contributed by atoms with van der Waals surface area (Å²) in [7, 11) is 0. The van der Waals surface area contributed by atoms with E-state index in [1.165, 1.54) is 0 Å². The molecule has 0 spiro atoms. The van der Waals surface area contributed by atoms with Crippen molar-refractivity contribution in [3.63, 3.8) is 0 Å². The van der Waals surface area contributed by atoms with Gasteiger partial charge in [-0.25, -0.2) is 0 Å². The van der Waals surface area contributed by atoms with Crippen LogP contribution in [0.3, 0.4) is 0 Å². The van der Waals surface area contributed by atoms with Crippen molar-refractivity contribution in [2.45, 2.75) is 38.8 Å². The molecule has 0 aromatic heterocycles. The Labute approximate surface area is 125 Å². The zero-order valence-electron chi connectivity index (χ0n) is 11.5. The van der Waals surface area contributed by atoms with E-state index < -0.39 is 0 Å². The minimum absolute atomic E-state index is 0.307. The van der Waals surface area contributed by atoms with Crippen molar-refractivity contribution in [3.8, 4) is 0 Å². The van der Waals surface area contributed by atoms with Gasteiger partial charge in [-0.2, -0.15) is 0 Å². The Balaban J connectivity index is 2.14. The van der Waals surface area contributed by atoms with E-state index in [2.05, 4.69) is 25.2 Å². The fraction of sp³-hybridized carbons (Fsp3) is 0.600. The Bertz CT molecular complexity index is 425. The summed E-state index contributed by atoms with van der Waals surface area (Å²) in [6.45, 7) is 6.09. The first-order valence-electron chi connectivity index (χ1n) is 6.91. The average molecular weight is 302 g/mol. The summed E-state index contributed by atoms with van der Waals surface area (Å²) in [5.41, 5.74) is 1.11. The molecule has 1 aromatic carbocycles. The topological polar surface area (TPSA) is 21.3 Å². The van der Waals surface area contributed by atoms with Crippen LogP contribution < -0.4 is 5.32 Å². The molecular weight excluding hydrogens is 281 g/mol. The van der Waals surface area contributed by atoms with Crippen molar-refractivity contribution >= 4 is 23.2 Å². The van der Waals surface area contributed by atoms with Crippen molar-refractivity contribution in [3.05, 3.63) is 33.8 Å². The summed E-state index contributed by atoms with van der Waals surface area (Å²) in [6.07, 6.45) is 2.31. The molecule has 19 heavy (non-hydrogen) atoms. The first kappa shape index (κ1) is 15.1. The van der Waals surface area contributed by atoms with Crippen LogP contribution in [0.25, 0.3) is 0 Å². The maximum atomic E-state index is 6.29. The molecule has 106 valence electrons. The Morgan fingerprint density at radius 2 is 2.21 bits per heavy atom. The smallest absolute Gasteiger partial charge is 0.0624 e. The van der Waals surface area contributed by atoms with Crippen LogP contribution in [-0.4, -0.2) is 25.3 Å². The number of ether oxygens (including phenoxy) is 1. The number of benzene rings is 1. The third-order valence-corrected chi connectivity index (χ3v) is 4.75. The van der Waals surface area contributed by atoms with E-state index in [0.29, 0.717) is 28.1 Å². The quantitative estimate of drug-likeness (QED) is 0.889. The maximum absolute atomic E-state index is 6.29. The third kappa shape index (κ3) is 3.63. The predicted molar refractivity (Wildman–Crippen MR) is 81.2 cm³/mol. The molecule has 4 heteroatoms. The Kier molecular flexibility index (Phi) is 5.52. The summed E-state index contributed by atoms with van der Waals surface area (Å²) >= 11 is 12.4. The lowest BCUT2D eigenvalue weighted by Crippen LogP contribution is -2.40. The van der Waals surface area contributed by atoms with Crippen molar-refractivity contribution in [1.29, 1.82) is 0 Å². The van der Waals surface area contributed by atoms with Crippen LogP contribution >= 0.6 is 23.2 Å². The second-order valence-electron chi connectivity index (χ2n) is 5.11. The highest BCUT2D eigenvalue weighted by molar-refractivity contribution is 6.42. The number of likely N-dealkylation sites (N-methyl/N-ethyl adjacent to an activating group) is 1. The Hall–Kier alpha value is -0.280. The molecule has 3 atom stereocenters. The van der Waals surface area contributed by atoms with Gasteiger partial charge in [-0.05, 0) is 37.9 Å². The molecule has 0 bridgehead atoms. The van der Waals surface area contributed by atoms with Crippen LogP contribution in [0, 0.1) is 5.92 Å². The van der Waals surface area contributed by atoms with Crippen LogP contribution in [0.1, 0.15) is 25.8 Å². The third-order valence-electron chi connectivity index (χ3n) is 3.89. The molecule has 1 saturated heterocycles. The Morgan fingerprint density at radius 1 is 1.42 bits per heavy atom. The van der Waals surface area contributed by atoms with Crippen molar-refractivity contribution in [2.24, 2.45) is 5.92 Å². The minimum atomic E-state index is 0.307. The van der Waals surface area contributed by atoms with Crippen molar-refractivity contribution < 1.29 is 4.74 Å². The fourth-order valence-electron chi connectivity index (χ4n) is 2.86. The first-order chi connectivity index (χ1) is 9.13. The molecule has 1 fully saturated rings. The molecular formula is C15H21Cl2NO. The molecule has 1 N–H and O–H groups in total. The molecule has 0 amide bonds. The second-order valence-corrected chi connectivity index (χ2v) is 5.89. The zero-order chi connectivity index (χ0) is 13.8. The summed E-state index contributed by atoms with van der Waals surface area (Å²) in [6, 6.07) is 6.23. The first-order valence-corrected chi connectivity index (χ1v) is 7.67. The lowest BCUT2D eigenvalue weighted by Gasteiger charge is -2.27. The number of rotatable bonds is 5. The van der Waals surface area contributed by atoms with Gasteiger partial charge < -0.3 is 10.1 Å². The molecule has 0 radical (unpaired) electrons. The van der Waals surface area contributed by atoms with Gasteiger partial charge in [0.25, 0.3) is 0 Å². The highest BCUT2D eigenvalue weighted by Gasteiger charge is 2.31. The van der Waals surface area contributed by atoms with E-state index in [1.807, 2.05) is 12.1 Å². The van der Waals surface area contributed by atoms with Gasteiger partial charge in [0.1, 0.15) is 0 Å². The highest BCUT2D eigenvalue weighted by Crippen LogP contribution is 2.30. The summed E-state index contributed by atoms with van der Waals surface area (Å²) in [5, 5.41) is 4.88. The molecule has 2 nitrogen and oxygen atoms in total. The molecule has 0 saturated carbocycles. The van der Waals surface area contributed by atoms with E-state index in [1.54, 1.807) is 0 Å². The van der Waals surface area contributed by atoms with Crippen LogP contribution in [0.4, 0.5) is 0 Å². The number of halogens is 2. The van der Waals surface area contributed by atoms with Gasteiger partial charge in [0.2, 0.25) is 0 Å². The molecule has 0 aliphatic carbocycles. The lowest BCUT2D eigenvalue weighted by molar-refractivity contribution is 0.0956. The number of hydrogen-bond acceptors (Lipinski definition) is 2. The Morgan fingerprint density at radius 3 is 2.84 bits per heavy atom. The van der Waals surface area contributed by atoms with E-state index in [9.17, 15) is 0 Å². The van der Waals surface area contributed by atoms with Crippen molar-refractivity contribution in [1.82, 2.24) is 5.32 Å². The fourth-order valence-corrected chi connectivity index (χ4v) is 3.25. The number of hydrogen-bond donors (Lipinski definition) is 1. The van der Waals surface area contributed by atoms with E-state index in [4.69, 9.17) is 27.9 Å². The van der Waals surface area contributed by atoms with E-state index in [0.717, 1.165) is 31.6 Å². The molecule has 3 unspecified atom stereocenters. The van der Waals surface area contributed by atoms with E-state index >= 15 is 0 Å². The van der Waals surface area contributed by atoms with Crippen molar-refractivity contribution in [2.75, 3.05) is 13.2 Å². The molecule has 2 rings (SSSR count). The maximum Gasteiger partial charge on any atom is 0.0624 e. The SMILES string of the molecule is CCNC(Cc1cccc(Cl)c1Cl)C1CCOC1C. The average Bonchev–Trinajstić information content (AvgIpc) is 2.80. The van der Waals surface area contributed by atoms with Crippen LogP contribution in [0.5, 0.6) is 0 Å². The summed E-state index contributed by atoms with van der Waals surface area (Å²) in [5.74, 6) is 0.537. The molecule has 1 aliphatic rings. The summed E-state index contributed by atoms with van der Waals surface area (Å²) < 4.78 is 5.69. The minimum Gasteiger partial charge on any atom is -0.378 e. The van der Waals surface area contributed by atoms with Crippen LogP contribution in [0.2, 0.25) is 10.0 Å². The molecule has 1 heterocycles. The van der Waals surface area contributed by atoms with E-state index in [-0.39, 0.29) is 0 Å². The van der Waals surface area contributed by atoms with Crippen LogP contribution in [-0.2, 0) is 11.2 Å². The standard InChI is InChI=1S/C15H21Cl2NO/c1-3-18-14(12-7-8-19-10(12)2)9-11-5-4-6-13(16)15(11)17/h4-6,10,12,14,18H,3,7-9H2,1-2H3. The highest BCUT2D eigenvalue weighted by atomic mass is 35.5. The lowest BCUT2D eigenvalue weighted by atomic mass is 9.89. The molecule has 1 aromatic rings. The van der Waals surface area contributed by atoms with Gasteiger partial charge in [-0.15, -0.1) is 0 Å². The number of nitrogens with one attached hydrogen (secondary N) is 1. The van der Waals surface area contributed by atoms with Gasteiger partial charge >= 0.3 is 0 Å². The monoisotopic (exact) mass is 301 g/mol. The van der Waals surface area contributed by atoms with Gasteiger partial charge in [0.15, 0.2) is 0 Å². The van der Waals surface area contributed by atoms with Crippen LogP contribution in [0.15, 0.2) is 18.2 Å². The zero-order valence-corrected chi connectivity index (χ0v) is 13.0. The summed E-state index contributed by atoms with van der Waals surface area (Å²) in [4.78, 5) is 0. The van der Waals surface area contributed by atoms with Gasteiger partial charge in [0, 0.05) is 18.6 Å². The molecule has 1 aliphatic heterocycles.